The molecule has 0 fully saturated rings. The number of nitrogens with one attached hydrogen (secondary N) is 1. The van der Waals surface area contributed by atoms with Crippen molar-refractivity contribution >= 4 is 34.3 Å². The quantitative estimate of drug-likeness (QED) is 0.349. The number of rotatable bonds is 4. The van der Waals surface area contributed by atoms with Gasteiger partial charge in [-0.3, -0.25) is 9.89 Å². The number of hydrogen-bond donors (Lipinski definition) is 1. The van der Waals surface area contributed by atoms with Gasteiger partial charge >= 0.3 is 0 Å². The Morgan fingerprint density at radius 2 is 1.94 bits per heavy atom. The van der Waals surface area contributed by atoms with Crippen molar-refractivity contribution in [3.8, 4) is 32.6 Å². The fourth-order valence-corrected chi connectivity index (χ4v) is 5.41. The van der Waals surface area contributed by atoms with Gasteiger partial charge in [0.15, 0.2) is 5.82 Å². The van der Waals surface area contributed by atoms with E-state index in [-0.39, 0.29) is 11.2 Å². The molecule has 0 aliphatic heterocycles. The summed E-state index contributed by atoms with van der Waals surface area (Å²) < 4.78 is 30.5. The third-order valence-corrected chi connectivity index (χ3v) is 7.02. The Labute approximate surface area is 193 Å². The van der Waals surface area contributed by atoms with E-state index in [1.807, 2.05) is 10.8 Å². The van der Waals surface area contributed by atoms with Gasteiger partial charge < -0.3 is 0 Å². The number of aromatic amines is 1. The molecule has 0 saturated carbocycles. The van der Waals surface area contributed by atoms with Gasteiger partial charge in [-0.1, -0.05) is 11.6 Å². The molecule has 6 nitrogen and oxygen atoms in total. The van der Waals surface area contributed by atoms with Crippen LogP contribution in [0.4, 0.5) is 8.78 Å². The summed E-state index contributed by atoms with van der Waals surface area (Å²) >= 11 is 8.97. The lowest BCUT2D eigenvalue weighted by Gasteiger charge is -2.07. The molecule has 5 rings (SSSR count). The van der Waals surface area contributed by atoms with Crippen LogP contribution in [0, 0.1) is 25.5 Å². The summed E-state index contributed by atoms with van der Waals surface area (Å²) in [6, 6.07) is 6.70. The van der Waals surface area contributed by atoms with Crippen LogP contribution in [0.15, 0.2) is 45.9 Å². The van der Waals surface area contributed by atoms with Gasteiger partial charge in [-0.15, -0.1) is 22.7 Å². The topological polar surface area (TPSA) is 68.5 Å². The van der Waals surface area contributed by atoms with Crippen molar-refractivity contribution in [1.29, 1.82) is 0 Å². The molecular formula is C21H14ClF2N5OS2. The largest absolute Gasteiger partial charge is 0.293 e. The number of nitrogens with zero attached hydrogens (tertiary/aromatic N) is 4. The summed E-state index contributed by atoms with van der Waals surface area (Å²) in [6.07, 6.45) is 0. The summed E-state index contributed by atoms with van der Waals surface area (Å²) in [5, 5.41) is 12.1. The molecule has 162 valence electrons. The number of benzene rings is 1. The Balaban J connectivity index is 1.63. The van der Waals surface area contributed by atoms with Gasteiger partial charge in [0.1, 0.15) is 11.5 Å². The van der Waals surface area contributed by atoms with E-state index in [0.29, 0.717) is 38.5 Å². The van der Waals surface area contributed by atoms with E-state index < -0.39 is 11.6 Å². The lowest BCUT2D eigenvalue weighted by molar-refractivity contribution is 0.574. The zero-order valence-electron chi connectivity index (χ0n) is 16.7. The van der Waals surface area contributed by atoms with Gasteiger partial charge in [-0.25, -0.2) is 18.4 Å². The molecule has 0 amide bonds. The van der Waals surface area contributed by atoms with Crippen LogP contribution in [0.25, 0.3) is 32.6 Å². The second-order valence-corrected chi connectivity index (χ2v) is 9.20. The van der Waals surface area contributed by atoms with Gasteiger partial charge in [-0.05, 0) is 43.5 Å². The number of thiazole rings is 1. The molecule has 32 heavy (non-hydrogen) atoms. The molecule has 4 aromatic heterocycles. The molecule has 0 saturated heterocycles. The monoisotopic (exact) mass is 489 g/mol. The standard InChI is InChI=1S/C21H14ClF2N5OS2/c1-10-7-17(28(26-10)16-4-3-12(23)8-14(16)24)18-11(2)27-29(20(18)30)21-25-15(9-32-21)19-13(22)5-6-31-19/h3-9,27H,1-2H3. The lowest BCUT2D eigenvalue weighted by atomic mass is 10.1. The minimum atomic E-state index is -0.778. The third kappa shape index (κ3) is 3.40. The van der Waals surface area contributed by atoms with Crippen molar-refractivity contribution in [2.45, 2.75) is 13.8 Å². The second kappa shape index (κ2) is 7.80. The molecule has 0 bridgehead atoms. The minimum absolute atomic E-state index is 0.0462. The molecule has 5 aromatic rings. The average Bonchev–Trinajstić information content (AvgIpc) is 3.50. The van der Waals surface area contributed by atoms with Crippen LogP contribution < -0.4 is 5.56 Å². The Morgan fingerprint density at radius 3 is 2.66 bits per heavy atom. The normalized spacial score (nSPS) is 11.4. The van der Waals surface area contributed by atoms with E-state index in [1.54, 1.807) is 26.0 Å². The smallest absolute Gasteiger partial charge is 0.283 e. The highest BCUT2D eigenvalue weighted by Crippen LogP contribution is 2.34. The van der Waals surface area contributed by atoms with E-state index >= 15 is 0 Å². The molecule has 1 N–H and O–H groups in total. The van der Waals surface area contributed by atoms with Gasteiger partial charge in [-0.2, -0.15) is 9.78 Å². The number of aryl methyl sites for hydroxylation is 2. The fraction of sp³-hybridized carbons (Fsp3) is 0.0952. The van der Waals surface area contributed by atoms with E-state index in [1.165, 1.54) is 38.1 Å². The highest BCUT2D eigenvalue weighted by atomic mass is 35.5. The molecule has 0 aliphatic rings. The maximum absolute atomic E-state index is 14.5. The summed E-state index contributed by atoms with van der Waals surface area (Å²) in [7, 11) is 0. The second-order valence-electron chi connectivity index (χ2n) is 7.04. The van der Waals surface area contributed by atoms with Crippen LogP contribution in [-0.4, -0.2) is 24.5 Å². The van der Waals surface area contributed by atoms with Crippen molar-refractivity contribution in [2.24, 2.45) is 0 Å². The summed E-state index contributed by atoms with van der Waals surface area (Å²) in [4.78, 5) is 18.7. The molecule has 0 atom stereocenters. The molecule has 0 radical (unpaired) electrons. The van der Waals surface area contributed by atoms with Crippen LogP contribution in [-0.2, 0) is 0 Å². The van der Waals surface area contributed by atoms with E-state index in [2.05, 4.69) is 15.2 Å². The molecule has 0 spiro atoms. The SMILES string of the molecule is Cc1cc(-c2c(C)[nH]n(-c3nc(-c4sccc4Cl)cs3)c2=O)n(-c2ccc(F)cc2F)n1. The predicted octanol–water partition coefficient (Wildman–Crippen LogP) is 5.75. The summed E-state index contributed by atoms with van der Waals surface area (Å²) in [5.41, 5.74) is 2.22. The van der Waals surface area contributed by atoms with Crippen LogP contribution in [0.1, 0.15) is 11.4 Å². The zero-order chi connectivity index (χ0) is 22.6. The number of halogens is 3. The van der Waals surface area contributed by atoms with Gasteiger partial charge in [0.25, 0.3) is 5.56 Å². The number of H-pyrrole nitrogens is 1. The first-order chi connectivity index (χ1) is 15.3. The van der Waals surface area contributed by atoms with Crippen molar-refractivity contribution in [1.82, 2.24) is 24.5 Å². The Kier molecular flexibility index (Phi) is 5.07. The number of hydrogen-bond acceptors (Lipinski definition) is 5. The molecule has 0 unspecified atom stereocenters. The van der Waals surface area contributed by atoms with Gasteiger partial charge in [0.05, 0.1) is 32.5 Å². The molecular weight excluding hydrogens is 476 g/mol. The first kappa shape index (κ1) is 20.8. The van der Waals surface area contributed by atoms with E-state index in [9.17, 15) is 13.6 Å². The van der Waals surface area contributed by atoms with Crippen molar-refractivity contribution in [3.05, 3.63) is 79.5 Å². The van der Waals surface area contributed by atoms with Crippen molar-refractivity contribution in [2.75, 3.05) is 0 Å². The Bertz CT molecular complexity index is 1530. The van der Waals surface area contributed by atoms with Crippen LogP contribution >= 0.6 is 34.3 Å². The lowest BCUT2D eigenvalue weighted by Crippen LogP contribution is -2.16. The zero-order valence-corrected chi connectivity index (χ0v) is 19.1. The predicted molar refractivity (Wildman–Crippen MR) is 122 cm³/mol. The average molecular weight is 490 g/mol. The maximum atomic E-state index is 14.5. The highest BCUT2D eigenvalue weighted by Gasteiger charge is 2.22. The van der Waals surface area contributed by atoms with Gasteiger partial charge in [0, 0.05) is 17.1 Å². The third-order valence-electron chi connectivity index (χ3n) is 4.83. The van der Waals surface area contributed by atoms with Gasteiger partial charge in [0.2, 0.25) is 5.13 Å². The van der Waals surface area contributed by atoms with Crippen LogP contribution in [0.3, 0.4) is 0 Å². The highest BCUT2D eigenvalue weighted by molar-refractivity contribution is 7.15. The Morgan fingerprint density at radius 1 is 1.12 bits per heavy atom. The molecule has 0 aliphatic carbocycles. The minimum Gasteiger partial charge on any atom is -0.293 e. The number of aromatic nitrogens is 5. The van der Waals surface area contributed by atoms with Crippen LogP contribution in [0.2, 0.25) is 5.02 Å². The van der Waals surface area contributed by atoms with E-state index in [0.717, 1.165) is 17.0 Å². The molecule has 11 heteroatoms. The summed E-state index contributed by atoms with van der Waals surface area (Å²) in [6.45, 7) is 3.48. The molecule has 4 heterocycles. The number of thiophene rings is 1. The fourth-order valence-electron chi connectivity index (χ4n) is 3.44. The van der Waals surface area contributed by atoms with Crippen LogP contribution in [0.5, 0.6) is 0 Å². The first-order valence-electron chi connectivity index (χ1n) is 9.37. The van der Waals surface area contributed by atoms with Crippen molar-refractivity contribution < 1.29 is 8.78 Å². The summed E-state index contributed by atoms with van der Waals surface area (Å²) in [5.74, 6) is -1.47. The molecule has 1 aromatic carbocycles. The first-order valence-corrected chi connectivity index (χ1v) is 11.5. The Hall–Kier alpha value is -3.08. The van der Waals surface area contributed by atoms with Crippen molar-refractivity contribution in [3.63, 3.8) is 0 Å². The maximum Gasteiger partial charge on any atom is 0.283 e. The van der Waals surface area contributed by atoms with E-state index in [4.69, 9.17) is 11.6 Å².